The number of ether oxygens (including phenoxy) is 1. The van der Waals surface area contributed by atoms with Crippen molar-refractivity contribution in [3.63, 3.8) is 0 Å². The van der Waals surface area contributed by atoms with Gasteiger partial charge in [0.25, 0.3) is 0 Å². The minimum Gasteiger partial charge on any atom is -0.469 e. The number of methoxy groups -OCH3 is 1. The minimum atomic E-state index is -0.396. The Balaban J connectivity index is 1.40. The summed E-state index contributed by atoms with van der Waals surface area (Å²) in [7, 11) is 1.44. The number of nitrogens with zero attached hydrogens (tertiary/aromatic N) is 2. The molecule has 3 atom stereocenters. The molecule has 2 aromatic carbocycles. The van der Waals surface area contributed by atoms with Crippen LogP contribution in [0.3, 0.4) is 0 Å². The van der Waals surface area contributed by atoms with Crippen LogP contribution in [0, 0.1) is 11.3 Å². The first kappa shape index (κ1) is 23.9. The molecule has 2 saturated heterocycles. The van der Waals surface area contributed by atoms with E-state index in [1.54, 1.807) is 0 Å². The molecule has 2 heterocycles. The summed E-state index contributed by atoms with van der Waals surface area (Å²) in [6.07, 6.45) is 3.03. The number of esters is 1. The molecule has 2 amide bonds. The van der Waals surface area contributed by atoms with Crippen LogP contribution in [0.25, 0.3) is 0 Å². The molecule has 0 spiro atoms. The third-order valence-electron chi connectivity index (χ3n) is 9.83. The van der Waals surface area contributed by atoms with E-state index in [1.165, 1.54) is 18.2 Å². The predicted octanol–water partition coefficient (Wildman–Crippen LogP) is 5.18. The van der Waals surface area contributed by atoms with Gasteiger partial charge in [0, 0.05) is 31.6 Å². The number of carbonyl (C=O) groups excluding carboxylic acids is 2. The highest BCUT2D eigenvalue weighted by Gasteiger charge is 2.54. The topological polar surface area (TPSA) is 49.9 Å². The highest BCUT2D eigenvalue weighted by atomic mass is 16.5. The number of urea groups is 1. The maximum atomic E-state index is 13.9. The van der Waals surface area contributed by atoms with Crippen LogP contribution in [0.15, 0.2) is 54.6 Å². The Kier molecular flexibility index (Phi) is 5.93. The molecule has 5 heteroatoms. The number of hydrogen-bond donors (Lipinski definition) is 0. The van der Waals surface area contributed by atoms with Gasteiger partial charge in [-0.3, -0.25) is 4.79 Å². The number of fused-ring (bicyclic) bond motifs is 4. The summed E-state index contributed by atoms with van der Waals surface area (Å²) in [5.74, 6) is 0.185. The summed E-state index contributed by atoms with van der Waals surface area (Å²) in [4.78, 5) is 30.4. The molecular formula is C30H38N2O3. The van der Waals surface area contributed by atoms with Crippen molar-refractivity contribution in [2.45, 2.75) is 57.3 Å². The second kappa shape index (κ2) is 8.69. The third-order valence-corrected chi connectivity index (χ3v) is 9.83. The molecule has 0 saturated carbocycles. The van der Waals surface area contributed by atoms with Crippen LogP contribution in [0.1, 0.15) is 56.7 Å². The van der Waals surface area contributed by atoms with Gasteiger partial charge in [0.15, 0.2) is 0 Å². The summed E-state index contributed by atoms with van der Waals surface area (Å²) in [6, 6.07) is 19.1. The summed E-state index contributed by atoms with van der Waals surface area (Å²) in [5, 5.41) is 0. The van der Waals surface area contributed by atoms with Gasteiger partial charge in [0.2, 0.25) is 0 Å². The van der Waals surface area contributed by atoms with Crippen molar-refractivity contribution < 1.29 is 14.3 Å². The standard InChI is InChI=1S/C30H38N2O3/c1-28(2)24-18-22-10-8-9-13-25(22)29(28,3)14-16-31(20-24)27(34)32-17-15-30(21-32,19-26(33)35-4)23-11-6-5-7-12-23/h5-13,24H,14-21H2,1-4H3/t24-,29-,30?/m0/s1. The number of carbonyl (C=O) groups is 2. The van der Waals surface area contributed by atoms with Gasteiger partial charge >= 0.3 is 12.0 Å². The van der Waals surface area contributed by atoms with Gasteiger partial charge in [-0.1, -0.05) is 75.4 Å². The van der Waals surface area contributed by atoms with Crippen LogP contribution in [-0.4, -0.2) is 55.1 Å². The van der Waals surface area contributed by atoms with Gasteiger partial charge < -0.3 is 14.5 Å². The van der Waals surface area contributed by atoms with Gasteiger partial charge in [-0.2, -0.15) is 0 Å². The Hall–Kier alpha value is -2.82. The van der Waals surface area contributed by atoms with Gasteiger partial charge in [-0.05, 0) is 52.7 Å². The van der Waals surface area contributed by atoms with Crippen molar-refractivity contribution in [2.24, 2.45) is 11.3 Å². The first-order valence-electron chi connectivity index (χ1n) is 12.9. The zero-order chi connectivity index (χ0) is 24.8. The van der Waals surface area contributed by atoms with Crippen LogP contribution in [0.5, 0.6) is 0 Å². The van der Waals surface area contributed by atoms with Crippen molar-refractivity contribution >= 4 is 12.0 Å². The Morgan fingerprint density at radius 3 is 2.37 bits per heavy atom. The van der Waals surface area contributed by atoms with E-state index in [9.17, 15) is 9.59 Å². The maximum Gasteiger partial charge on any atom is 0.320 e. The molecule has 0 N–H and O–H groups in total. The highest BCUT2D eigenvalue weighted by Crippen LogP contribution is 2.56. The Labute approximate surface area is 209 Å². The van der Waals surface area contributed by atoms with E-state index in [0.717, 1.165) is 37.9 Å². The van der Waals surface area contributed by atoms with E-state index in [0.29, 0.717) is 25.4 Å². The fourth-order valence-electron chi connectivity index (χ4n) is 7.05. The van der Waals surface area contributed by atoms with Crippen molar-refractivity contribution in [3.8, 4) is 0 Å². The molecule has 2 fully saturated rings. The molecule has 3 aliphatic rings. The first-order valence-corrected chi connectivity index (χ1v) is 12.9. The highest BCUT2D eigenvalue weighted by molar-refractivity contribution is 5.76. The summed E-state index contributed by atoms with van der Waals surface area (Å²) in [5.41, 5.74) is 3.74. The van der Waals surface area contributed by atoms with E-state index >= 15 is 0 Å². The fourth-order valence-corrected chi connectivity index (χ4v) is 7.05. The normalized spacial score (nSPS) is 29.3. The van der Waals surface area contributed by atoms with Crippen LogP contribution >= 0.6 is 0 Å². The molecular weight excluding hydrogens is 436 g/mol. The third kappa shape index (κ3) is 3.84. The molecule has 0 aromatic heterocycles. The van der Waals surface area contributed by atoms with Gasteiger partial charge in [0.1, 0.15) is 0 Å². The van der Waals surface area contributed by atoms with Gasteiger partial charge in [-0.25, -0.2) is 4.79 Å². The van der Waals surface area contributed by atoms with E-state index in [4.69, 9.17) is 4.74 Å². The Bertz CT molecular complexity index is 1110. The molecule has 186 valence electrons. The lowest BCUT2D eigenvalue weighted by Gasteiger charge is -2.52. The van der Waals surface area contributed by atoms with Crippen LogP contribution in [-0.2, 0) is 26.8 Å². The number of rotatable bonds is 3. The van der Waals surface area contributed by atoms with Crippen molar-refractivity contribution in [2.75, 3.05) is 33.3 Å². The summed E-state index contributed by atoms with van der Waals surface area (Å²) >= 11 is 0. The fraction of sp³-hybridized carbons (Fsp3) is 0.533. The van der Waals surface area contributed by atoms with Crippen molar-refractivity contribution in [3.05, 3.63) is 71.3 Å². The average Bonchev–Trinajstić information content (AvgIpc) is 3.28. The smallest absolute Gasteiger partial charge is 0.320 e. The minimum absolute atomic E-state index is 0.0330. The SMILES string of the molecule is COC(=O)CC1(c2ccccc2)CCN(C(=O)N2CC[C@@]3(C)c4ccccc4C[C@@H](C2)C3(C)C)C1. The molecule has 35 heavy (non-hydrogen) atoms. The summed E-state index contributed by atoms with van der Waals surface area (Å²) in [6.45, 7) is 9.94. The molecule has 1 unspecified atom stereocenters. The molecule has 5 rings (SSSR count). The lowest BCUT2D eigenvalue weighted by Crippen LogP contribution is -2.50. The number of amides is 2. The zero-order valence-corrected chi connectivity index (χ0v) is 21.5. The number of hydrogen-bond acceptors (Lipinski definition) is 3. The van der Waals surface area contributed by atoms with Crippen molar-refractivity contribution in [1.82, 2.24) is 9.80 Å². The zero-order valence-electron chi connectivity index (χ0n) is 21.5. The lowest BCUT2D eigenvalue weighted by molar-refractivity contribution is -0.142. The van der Waals surface area contributed by atoms with Gasteiger partial charge in [0.05, 0.1) is 13.5 Å². The molecule has 5 nitrogen and oxygen atoms in total. The second-order valence-corrected chi connectivity index (χ2v) is 11.7. The second-order valence-electron chi connectivity index (χ2n) is 11.7. The lowest BCUT2D eigenvalue weighted by atomic mass is 9.51. The Morgan fingerprint density at radius 1 is 0.943 bits per heavy atom. The molecule has 2 aromatic rings. The monoisotopic (exact) mass is 474 g/mol. The first-order chi connectivity index (χ1) is 16.7. The largest absolute Gasteiger partial charge is 0.469 e. The molecule has 2 bridgehead atoms. The van der Waals surface area contributed by atoms with E-state index < -0.39 is 5.41 Å². The molecule has 2 aliphatic heterocycles. The predicted molar refractivity (Wildman–Crippen MR) is 137 cm³/mol. The maximum absolute atomic E-state index is 13.9. The quantitative estimate of drug-likeness (QED) is 0.577. The Morgan fingerprint density at radius 2 is 1.63 bits per heavy atom. The van der Waals surface area contributed by atoms with Crippen LogP contribution < -0.4 is 0 Å². The summed E-state index contributed by atoms with van der Waals surface area (Å²) < 4.78 is 5.05. The number of benzene rings is 2. The van der Waals surface area contributed by atoms with E-state index in [-0.39, 0.29) is 22.8 Å². The van der Waals surface area contributed by atoms with E-state index in [1.807, 2.05) is 23.1 Å². The average molecular weight is 475 g/mol. The number of likely N-dealkylation sites (tertiary alicyclic amines) is 2. The van der Waals surface area contributed by atoms with Crippen LogP contribution in [0.4, 0.5) is 4.79 Å². The van der Waals surface area contributed by atoms with Gasteiger partial charge in [-0.15, -0.1) is 0 Å². The molecule has 1 aliphatic carbocycles. The van der Waals surface area contributed by atoms with Crippen molar-refractivity contribution in [1.29, 1.82) is 0 Å². The molecule has 0 radical (unpaired) electrons. The van der Waals surface area contributed by atoms with E-state index in [2.05, 4.69) is 62.1 Å². The van der Waals surface area contributed by atoms with Crippen LogP contribution in [0.2, 0.25) is 0 Å².